The van der Waals surface area contributed by atoms with E-state index in [1.54, 1.807) is 44.4 Å². The Morgan fingerprint density at radius 1 is 0.729 bits per heavy atom. The first-order valence-electron chi connectivity index (χ1n) is 18.5. The topological polar surface area (TPSA) is 228 Å². The third-order valence-electron chi connectivity index (χ3n) is 9.38. The van der Waals surface area contributed by atoms with Crippen LogP contribution in [-0.4, -0.2) is 89.5 Å². The first-order valence-corrected chi connectivity index (χ1v) is 18.5. The highest BCUT2D eigenvalue weighted by atomic mass is 19.4. The number of aromatic nitrogens is 2. The molecule has 2 aromatic carbocycles. The van der Waals surface area contributed by atoms with Gasteiger partial charge in [-0.15, -0.1) is 0 Å². The SMILES string of the molecule is CNc1ccc(Oc2ccnc(NC(=O)C3CCN(CC(F)(F)F)CC3)c2)cc1[N+](=O)[O-].CNc1ccc(Oc2ccnc(NC(=O)C3CCNCC3)c2)cc1[N+](=O)[O-]. The highest BCUT2D eigenvalue weighted by molar-refractivity contribution is 5.92. The summed E-state index contributed by atoms with van der Waals surface area (Å²) in [7, 11) is 3.18. The summed E-state index contributed by atoms with van der Waals surface area (Å²) in [5, 5.41) is 36.5. The van der Waals surface area contributed by atoms with Crippen LogP contribution in [0, 0.1) is 32.1 Å². The molecule has 2 aliphatic rings. The third kappa shape index (κ3) is 12.9. The van der Waals surface area contributed by atoms with Crippen molar-refractivity contribution in [1.29, 1.82) is 0 Å². The molecule has 18 nitrogen and oxygen atoms in total. The van der Waals surface area contributed by atoms with E-state index in [4.69, 9.17) is 9.47 Å². The first kappa shape index (κ1) is 43.5. The third-order valence-corrected chi connectivity index (χ3v) is 9.38. The fourth-order valence-electron chi connectivity index (χ4n) is 6.38. The van der Waals surface area contributed by atoms with Crippen LogP contribution in [0.25, 0.3) is 0 Å². The molecule has 2 aromatic heterocycles. The summed E-state index contributed by atoms with van der Waals surface area (Å²) >= 11 is 0. The maximum Gasteiger partial charge on any atom is 0.401 e. The summed E-state index contributed by atoms with van der Waals surface area (Å²) in [5.41, 5.74) is 0.510. The molecule has 2 fully saturated rings. The number of hydrogen-bond donors (Lipinski definition) is 5. The summed E-state index contributed by atoms with van der Waals surface area (Å²) in [6.07, 6.45) is 0.899. The average molecular weight is 825 g/mol. The van der Waals surface area contributed by atoms with Crippen molar-refractivity contribution in [2.45, 2.75) is 31.9 Å². The molecule has 4 heterocycles. The van der Waals surface area contributed by atoms with E-state index in [1.807, 2.05) is 0 Å². The molecule has 6 rings (SSSR count). The number of amides is 2. The summed E-state index contributed by atoms with van der Waals surface area (Å²) in [4.78, 5) is 55.7. The van der Waals surface area contributed by atoms with E-state index in [0.717, 1.165) is 25.9 Å². The number of pyridine rings is 2. The molecule has 314 valence electrons. The number of nitro groups is 2. The molecule has 0 bridgehead atoms. The lowest BCUT2D eigenvalue weighted by atomic mass is 9.96. The van der Waals surface area contributed by atoms with Gasteiger partial charge in [-0.3, -0.25) is 34.7 Å². The first-order chi connectivity index (χ1) is 28.2. The maximum absolute atomic E-state index is 12.5. The number of anilines is 4. The number of rotatable bonds is 13. The number of carbonyl (C=O) groups excluding carboxylic acids is 2. The zero-order valence-corrected chi connectivity index (χ0v) is 32.1. The second-order valence-corrected chi connectivity index (χ2v) is 13.5. The predicted molar refractivity (Wildman–Crippen MR) is 212 cm³/mol. The van der Waals surface area contributed by atoms with Crippen molar-refractivity contribution in [1.82, 2.24) is 20.2 Å². The number of benzene rings is 2. The largest absolute Gasteiger partial charge is 0.457 e. The number of nitrogens with zero attached hydrogens (tertiary/aromatic N) is 5. The number of likely N-dealkylation sites (tertiary alicyclic amines) is 1. The van der Waals surface area contributed by atoms with Gasteiger partial charge in [-0.1, -0.05) is 0 Å². The molecule has 0 aliphatic carbocycles. The minimum atomic E-state index is -4.26. The Balaban J connectivity index is 0.000000227. The lowest BCUT2D eigenvalue weighted by Crippen LogP contribution is -2.42. The summed E-state index contributed by atoms with van der Waals surface area (Å²) in [6.45, 7) is 1.06. The number of alkyl halides is 3. The fourth-order valence-corrected chi connectivity index (χ4v) is 6.38. The van der Waals surface area contributed by atoms with E-state index in [0.29, 0.717) is 47.3 Å². The van der Waals surface area contributed by atoms with E-state index in [9.17, 15) is 43.0 Å². The van der Waals surface area contributed by atoms with Crippen molar-refractivity contribution in [2.24, 2.45) is 11.8 Å². The van der Waals surface area contributed by atoms with E-state index >= 15 is 0 Å². The molecule has 2 aliphatic heterocycles. The van der Waals surface area contributed by atoms with Crippen LogP contribution in [0.3, 0.4) is 0 Å². The second-order valence-electron chi connectivity index (χ2n) is 13.5. The van der Waals surface area contributed by atoms with Crippen molar-refractivity contribution < 1.29 is 42.1 Å². The molecule has 0 radical (unpaired) electrons. The van der Waals surface area contributed by atoms with Crippen molar-refractivity contribution in [2.75, 3.05) is 68.1 Å². The minimum absolute atomic E-state index is 0.0330. The van der Waals surface area contributed by atoms with Crippen LogP contribution in [0.2, 0.25) is 0 Å². The number of piperidine rings is 2. The quantitative estimate of drug-likeness (QED) is 0.0690. The van der Waals surface area contributed by atoms with Crippen molar-refractivity contribution in [3.05, 3.63) is 93.3 Å². The molecule has 21 heteroatoms. The molecule has 5 N–H and O–H groups in total. The molecule has 0 spiro atoms. The van der Waals surface area contributed by atoms with Crippen LogP contribution in [0.4, 0.5) is 47.6 Å². The lowest BCUT2D eigenvalue weighted by molar-refractivity contribution is -0.384. The van der Waals surface area contributed by atoms with Crippen LogP contribution in [0.5, 0.6) is 23.0 Å². The van der Waals surface area contributed by atoms with Gasteiger partial charge in [-0.2, -0.15) is 13.2 Å². The summed E-state index contributed by atoms with van der Waals surface area (Å²) < 4.78 is 48.9. The van der Waals surface area contributed by atoms with Gasteiger partial charge in [0.15, 0.2) is 0 Å². The van der Waals surface area contributed by atoms with Crippen molar-refractivity contribution >= 4 is 46.2 Å². The monoisotopic (exact) mass is 824 g/mol. The van der Waals surface area contributed by atoms with Gasteiger partial charge in [0.25, 0.3) is 11.4 Å². The number of ether oxygens (including phenoxy) is 2. The van der Waals surface area contributed by atoms with E-state index < -0.39 is 28.5 Å². The Kier molecular flexibility index (Phi) is 14.9. The molecule has 2 saturated heterocycles. The molecular formula is C38H43F3N10O8. The van der Waals surface area contributed by atoms with Gasteiger partial charge >= 0.3 is 6.18 Å². The summed E-state index contributed by atoms with van der Waals surface area (Å²) in [6, 6.07) is 15.1. The Hall–Kier alpha value is -6.61. The van der Waals surface area contributed by atoms with Crippen molar-refractivity contribution in [3.8, 4) is 23.0 Å². The number of nitro benzene ring substituents is 2. The van der Waals surface area contributed by atoms with E-state index in [2.05, 4.69) is 36.6 Å². The number of nitrogens with one attached hydrogen (secondary N) is 5. The lowest BCUT2D eigenvalue weighted by Gasteiger charge is -2.31. The van der Waals surface area contributed by atoms with Crippen LogP contribution in [0.15, 0.2) is 73.1 Å². The molecular weight excluding hydrogens is 781 g/mol. The van der Waals surface area contributed by atoms with Gasteiger partial charge in [0.1, 0.15) is 46.0 Å². The number of hydrogen-bond acceptors (Lipinski definition) is 14. The highest BCUT2D eigenvalue weighted by Gasteiger charge is 2.34. The maximum atomic E-state index is 12.5. The number of halogens is 3. The molecule has 4 aromatic rings. The summed E-state index contributed by atoms with van der Waals surface area (Å²) in [5.74, 6) is 1.06. The predicted octanol–water partition coefficient (Wildman–Crippen LogP) is 6.80. The average Bonchev–Trinajstić information content (AvgIpc) is 3.21. The van der Waals surface area contributed by atoms with Gasteiger partial charge in [0.2, 0.25) is 11.8 Å². The van der Waals surface area contributed by atoms with E-state index in [1.165, 1.54) is 47.6 Å². The Labute approximate surface area is 336 Å². The van der Waals surface area contributed by atoms with Gasteiger partial charge in [0, 0.05) is 50.5 Å². The Bertz CT molecular complexity index is 2110. The van der Waals surface area contributed by atoms with Crippen LogP contribution in [0.1, 0.15) is 25.7 Å². The van der Waals surface area contributed by atoms with Crippen molar-refractivity contribution in [3.63, 3.8) is 0 Å². The molecule has 2 amide bonds. The normalized spacial score (nSPS) is 14.9. The second kappa shape index (κ2) is 20.2. The van der Waals surface area contributed by atoms with Gasteiger partial charge in [-0.05, 0) is 88.3 Å². The molecule has 59 heavy (non-hydrogen) atoms. The molecule has 0 unspecified atom stereocenters. The van der Waals surface area contributed by atoms with E-state index in [-0.39, 0.29) is 53.8 Å². The molecule has 0 saturated carbocycles. The van der Waals surface area contributed by atoms with Gasteiger partial charge < -0.3 is 36.1 Å². The van der Waals surface area contributed by atoms with Crippen LogP contribution >= 0.6 is 0 Å². The molecule has 0 atom stereocenters. The Morgan fingerprint density at radius 2 is 1.15 bits per heavy atom. The van der Waals surface area contributed by atoms with Gasteiger partial charge in [-0.25, -0.2) is 9.97 Å². The van der Waals surface area contributed by atoms with Crippen LogP contribution < -0.4 is 36.1 Å². The van der Waals surface area contributed by atoms with Crippen LogP contribution in [-0.2, 0) is 9.59 Å². The minimum Gasteiger partial charge on any atom is -0.457 e. The zero-order valence-electron chi connectivity index (χ0n) is 32.1. The standard InChI is InChI=1S/C20H22F3N5O4.C18H21N5O4/c1-24-16-3-2-14(10-17(16)28(30)31)32-15-4-7-25-18(11-15)26-19(29)13-5-8-27(9-6-13)12-20(21,22)23;1-19-15-3-2-13(10-16(15)23(25)26)27-14-6-9-21-17(11-14)22-18(24)12-4-7-20-8-5-12/h2-4,7,10-11,13,24H,5-6,8-9,12H2,1H3,(H,25,26,29);2-3,6,9-12,19-20H,4-5,7-8H2,1H3,(H,21,22,24). The fraction of sp³-hybridized carbons (Fsp3) is 0.368. The van der Waals surface area contributed by atoms with Gasteiger partial charge in [0.05, 0.1) is 28.5 Å². The Morgan fingerprint density at radius 3 is 1.56 bits per heavy atom. The highest BCUT2D eigenvalue weighted by Crippen LogP contribution is 2.33. The number of carbonyl (C=O) groups is 2. The zero-order chi connectivity index (χ0) is 42.5. The smallest absolute Gasteiger partial charge is 0.401 e.